The van der Waals surface area contributed by atoms with E-state index in [1.807, 2.05) is 12.2 Å². The average Bonchev–Trinajstić information content (AvgIpc) is 3.11. The van der Waals surface area contributed by atoms with Crippen LogP contribution >= 0.6 is 0 Å². The summed E-state index contributed by atoms with van der Waals surface area (Å²) in [6, 6.07) is 0. The fraction of sp³-hybridized carbons (Fsp3) is 0.905. The summed E-state index contributed by atoms with van der Waals surface area (Å²) < 4.78 is 43.4. The summed E-state index contributed by atoms with van der Waals surface area (Å²) in [4.78, 5) is 0. The molecule has 0 aliphatic heterocycles. The van der Waals surface area contributed by atoms with Crippen molar-refractivity contribution in [2.24, 2.45) is 0 Å². The zero-order chi connectivity index (χ0) is 35.9. The Bertz CT molecular complexity index is 606. The number of hydrogen-bond donors (Lipinski definition) is 0. The summed E-state index contributed by atoms with van der Waals surface area (Å²) in [5.74, 6) is 0. The summed E-state index contributed by atoms with van der Waals surface area (Å²) in [5.41, 5.74) is 0. The van der Waals surface area contributed by atoms with Gasteiger partial charge in [-0.15, -0.1) is 0 Å². The molecule has 0 amide bonds. The third kappa shape index (κ3) is 34.1. The van der Waals surface area contributed by atoms with Crippen LogP contribution in [0.1, 0.15) is 183 Å². The highest BCUT2D eigenvalue weighted by atomic mass is 16.8. The lowest BCUT2D eigenvalue weighted by Gasteiger charge is -2.22. The van der Waals surface area contributed by atoms with Crippen LogP contribution in [0.4, 0.5) is 0 Å². The van der Waals surface area contributed by atoms with Crippen molar-refractivity contribution in [1.29, 1.82) is 0 Å². The van der Waals surface area contributed by atoms with Crippen LogP contribution in [0.25, 0.3) is 0 Å². The summed E-state index contributed by atoms with van der Waals surface area (Å²) in [7, 11) is 0. The van der Waals surface area contributed by atoms with E-state index in [-0.39, 0.29) is 12.6 Å². The summed E-state index contributed by atoms with van der Waals surface area (Å²) in [6.07, 6.45) is 30.8. The Morgan fingerprint density at radius 1 is 0.347 bits per heavy atom. The first-order valence-electron chi connectivity index (χ1n) is 20.8. The van der Waals surface area contributed by atoms with Gasteiger partial charge in [-0.2, -0.15) is 0 Å². The van der Waals surface area contributed by atoms with Gasteiger partial charge in [-0.05, 0) is 63.5 Å². The highest BCUT2D eigenvalue weighted by Gasteiger charge is 2.15. The van der Waals surface area contributed by atoms with Crippen LogP contribution < -0.4 is 0 Å². The Labute approximate surface area is 304 Å². The SMILES string of the molecule is CCCCCOC(C=CCCC(OCCCCC)OCCCCC)OC(C=CCCC(OCCCCC)OCCCCC)OCCCCC. The van der Waals surface area contributed by atoms with Crippen LogP contribution in [0.3, 0.4) is 0 Å². The average molecular weight is 699 g/mol. The van der Waals surface area contributed by atoms with E-state index in [2.05, 4.69) is 53.7 Å². The number of rotatable bonds is 40. The fourth-order valence-corrected chi connectivity index (χ4v) is 5.09. The van der Waals surface area contributed by atoms with Gasteiger partial charge in [0.1, 0.15) is 0 Å². The fourth-order valence-electron chi connectivity index (χ4n) is 5.09. The van der Waals surface area contributed by atoms with Crippen LogP contribution in [0, 0.1) is 0 Å². The maximum absolute atomic E-state index is 6.45. The zero-order valence-corrected chi connectivity index (χ0v) is 33.3. The van der Waals surface area contributed by atoms with Crippen LogP contribution in [0.2, 0.25) is 0 Å². The lowest BCUT2D eigenvalue weighted by molar-refractivity contribution is -0.208. The minimum atomic E-state index is -0.483. The predicted molar refractivity (Wildman–Crippen MR) is 206 cm³/mol. The molecule has 0 rings (SSSR count). The predicted octanol–water partition coefficient (Wildman–Crippen LogP) is 12.2. The van der Waals surface area contributed by atoms with Crippen molar-refractivity contribution in [3.8, 4) is 0 Å². The molecular weight excluding hydrogens is 616 g/mol. The first-order valence-corrected chi connectivity index (χ1v) is 20.8. The minimum absolute atomic E-state index is 0.171. The Morgan fingerprint density at radius 2 is 0.612 bits per heavy atom. The van der Waals surface area contributed by atoms with Crippen molar-refractivity contribution in [3.63, 3.8) is 0 Å². The smallest absolute Gasteiger partial charge is 0.180 e. The largest absolute Gasteiger partial charge is 0.353 e. The monoisotopic (exact) mass is 699 g/mol. The van der Waals surface area contributed by atoms with Crippen LogP contribution in [-0.4, -0.2) is 64.8 Å². The highest BCUT2D eigenvalue weighted by Crippen LogP contribution is 2.14. The number of ether oxygens (including phenoxy) is 7. The van der Waals surface area contributed by atoms with Gasteiger partial charge in [-0.1, -0.05) is 131 Å². The molecule has 0 radical (unpaired) electrons. The lowest BCUT2D eigenvalue weighted by atomic mass is 10.2. The van der Waals surface area contributed by atoms with Crippen LogP contribution in [-0.2, 0) is 33.2 Å². The molecule has 0 aliphatic carbocycles. The van der Waals surface area contributed by atoms with Crippen LogP contribution in [0.5, 0.6) is 0 Å². The topological polar surface area (TPSA) is 64.6 Å². The standard InChI is InChI=1S/C42H82O7/c1-7-13-23-33-43-39(44-34-24-14-8-2)29-19-21-31-41(47-37-27-17-11-5)49-42(48-38-28-18-12-6)32-22-20-30-40(45-35-25-15-9-3)46-36-26-16-10-4/h21-22,31-32,39-42H,7-20,23-30,33-38H2,1-6H3. The van der Waals surface area contributed by atoms with E-state index in [1.165, 1.54) is 51.4 Å². The van der Waals surface area contributed by atoms with Gasteiger partial charge < -0.3 is 33.2 Å². The molecule has 2 unspecified atom stereocenters. The second kappa shape index (κ2) is 40.0. The molecule has 0 heterocycles. The van der Waals surface area contributed by atoms with Gasteiger partial charge in [0.25, 0.3) is 0 Å². The molecule has 0 aliphatic rings. The molecule has 0 bridgehead atoms. The molecule has 292 valence electrons. The van der Waals surface area contributed by atoms with Crippen molar-refractivity contribution in [3.05, 3.63) is 24.3 Å². The molecule has 7 heteroatoms. The van der Waals surface area contributed by atoms with E-state index in [9.17, 15) is 0 Å². The molecule has 0 spiro atoms. The summed E-state index contributed by atoms with van der Waals surface area (Å²) >= 11 is 0. The molecule has 49 heavy (non-hydrogen) atoms. The Kier molecular flexibility index (Phi) is 39.3. The molecular formula is C42H82O7. The van der Waals surface area contributed by atoms with Gasteiger partial charge in [-0.25, -0.2) is 0 Å². The van der Waals surface area contributed by atoms with Gasteiger partial charge in [0.05, 0.1) is 13.2 Å². The van der Waals surface area contributed by atoms with Crippen LogP contribution in [0.15, 0.2) is 24.3 Å². The molecule has 2 atom stereocenters. The van der Waals surface area contributed by atoms with Gasteiger partial charge in [0.15, 0.2) is 25.2 Å². The molecule has 0 aromatic rings. The Hall–Kier alpha value is -0.800. The third-order valence-electron chi connectivity index (χ3n) is 8.26. The second-order valence-electron chi connectivity index (χ2n) is 13.2. The summed E-state index contributed by atoms with van der Waals surface area (Å²) in [6.45, 7) is 17.6. The minimum Gasteiger partial charge on any atom is -0.353 e. The number of unbranched alkanes of at least 4 members (excludes halogenated alkanes) is 12. The molecule has 0 saturated carbocycles. The maximum atomic E-state index is 6.45. The Morgan fingerprint density at radius 3 is 0.878 bits per heavy atom. The molecule has 0 N–H and O–H groups in total. The van der Waals surface area contributed by atoms with E-state index in [4.69, 9.17) is 33.2 Å². The van der Waals surface area contributed by atoms with E-state index in [0.717, 1.165) is 116 Å². The Balaban J connectivity index is 5.37. The first-order chi connectivity index (χ1) is 24.1. The normalized spacial score (nSPS) is 13.6. The van der Waals surface area contributed by atoms with E-state index < -0.39 is 12.6 Å². The van der Waals surface area contributed by atoms with E-state index in [1.54, 1.807) is 0 Å². The van der Waals surface area contributed by atoms with Crippen molar-refractivity contribution >= 4 is 0 Å². The third-order valence-corrected chi connectivity index (χ3v) is 8.26. The number of allylic oxidation sites excluding steroid dienone is 2. The van der Waals surface area contributed by atoms with Crippen molar-refractivity contribution in [1.82, 2.24) is 0 Å². The highest BCUT2D eigenvalue weighted by molar-refractivity contribution is 4.90. The van der Waals surface area contributed by atoms with Gasteiger partial charge in [0, 0.05) is 39.3 Å². The summed E-state index contributed by atoms with van der Waals surface area (Å²) in [5, 5.41) is 0. The van der Waals surface area contributed by atoms with Gasteiger partial charge in [0.2, 0.25) is 0 Å². The van der Waals surface area contributed by atoms with Crippen molar-refractivity contribution in [2.75, 3.05) is 39.6 Å². The molecule has 0 aromatic heterocycles. The maximum Gasteiger partial charge on any atom is 0.180 e. The van der Waals surface area contributed by atoms with Gasteiger partial charge >= 0.3 is 0 Å². The molecule has 7 nitrogen and oxygen atoms in total. The molecule has 0 aromatic carbocycles. The second-order valence-corrected chi connectivity index (χ2v) is 13.2. The van der Waals surface area contributed by atoms with Crippen molar-refractivity contribution < 1.29 is 33.2 Å². The molecule has 0 fully saturated rings. The van der Waals surface area contributed by atoms with Gasteiger partial charge in [-0.3, -0.25) is 0 Å². The van der Waals surface area contributed by atoms with E-state index in [0.29, 0.717) is 13.2 Å². The lowest BCUT2D eigenvalue weighted by Crippen LogP contribution is -2.25. The number of hydrogen-bond acceptors (Lipinski definition) is 7. The zero-order valence-electron chi connectivity index (χ0n) is 33.3. The van der Waals surface area contributed by atoms with E-state index >= 15 is 0 Å². The quantitative estimate of drug-likeness (QED) is 0.0358. The molecule has 0 saturated heterocycles. The first kappa shape index (κ1) is 48.2. The van der Waals surface area contributed by atoms with Crippen molar-refractivity contribution in [2.45, 2.75) is 208 Å².